The summed E-state index contributed by atoms with van der Waals surface area (Å²) in [4.78, 5) is 28.4. The maximum Gasteiger partial charge on any atom is 0.272 e. The van der Waals surface area contributed by atoms with Gasteiger partial charge in [0.2, 0.25) is 0 Å². The van der Waals surface area contributed by atoms with Crippen LogP contribution in [0.15, 0.2) is 42.7 Å². The Bertz CT molecular complexity index is 789. The highest BCUT2D eigenvalue weighted by Gasteiger charge is 2.26. The normalized spacial score (nSPS) is 20.3. The minimum atomic E-state index is 0.0152. The molecular weight excluding hydrogens is 350 g/mol. The van der Waals surface area contributed by atoms with Gasteiger partial charge in [-0.1, -0.05) is 25.1 Å². The molecule has 0 N–H and O–H groups in total. The van der Waals surface area contributed by atoms with Crippen molar-refractivity contribution >= 4 is 17.4 Å². The first-order valence-electron chi connectivity index (χ1n) is 10.4. The van der Waals surface area contributed by atoms with Crippen molar-refractivity contribution < 1.29 is 4.79 Å². The molecule has 2 saturated heterocycles. The molecule has 2 fully saturated rings. The fourth-order valence-electron chi connectivity index (χ4n) is 4.32. The first kappa shape index (κ1) is 18.7. The fourth-order valence-corrected chi connectivity index (χ4v) is 4.32. The molecule has 2 aliphatic rings. The summed E-state index contributed by atoms with van der Waals surface area (Å²) in [6, 6.07) is 12.8. The van der Waals surface area contributed by atoms with Crippen LogP contribution in [0.5, 0.6) is 0 Å². The molecular formula is C22H29N5O. The van der Waals surface area contributed by atoms with Gasteiger partial charge in [0.1, 0.15) is 17.8 Å². The smallest absolute Gasteiger partial charge is 0.272 e. The van der Waals surface area contributed by atoms with Gasteiger partial charge in [0.15, 0.2) is 0 Å². The zero-order valence-corrected chi connectivity index (χ0v) is 16.6. The number of hydrogen-bond donors (Lipinski definition) is 0. The van der Waals surface area contributed by atoms with E-state index in [2.05, 4.69) is 51.0 Å². The quantitative estimate of drug-likeness (QED) is 0.816. The second kappa shape index (κ2) is 8.59. The van der Waals surface area contributed by atoms with Gasteiger partial charge in [-0.2, -0.15) is 0 Å². The lowest BCUT2D eigenvalue weighted by molar-refractivity contribution is 0.0740. The summed E-state index contributed by atoms with van der Waals surface area (Å²) >= 11 is 0. The Labute approximate surface area is 167 Å². The predicted molar refractivity (Wildman–Crippen MR) is 112 cm³/mol. The number of hydrogen-bond acceptors (Lipinski definition) is 5. The fraction of sp³-hybridized carbons (Fsp3) is 0.500. The van der Waals surface area contributed by atoms with E-state index in [4.69, 9.17) is 0 Å². The first-order valence-corrected chi connectivity index (χ1v) is 10.4. The SMILES string of the molecule is CCC1CCCCN1c1cc(C(=O)N2CCN(c3ccccc3)CC2)ncn1. The lowest BCUT2D eigenvalue weighted by Crippen LogP contribution is -2.49. The summed E-state index contributed by atoms with van der Waals surface area (Å²) in [5.74, 6) is 0.911. The van der Waals surface area contributed by atoms with E-state index < -0.39 is 0 Å². The van der Waals surface area contributed by atoms with E-state index in [0.29, 0.717) is 24.8 Å². The van der Waals surface area contributed by atoms with Gasteiger partial charge < -0.3 is 14.7 Å². The molecule has 0 saturated carbocycles. The van der Waals surface area contributed by atoms with E-state index in [-0.39, 0.29) is 5.91 Å². The Morgan fingerprint density at radius 3 is 2.57 bits per heavy atom. The Morgan fingerprint density at radius 2 is 1.82 bits per heavy atom. The van der Waals surface area contributed by atoms with E-state index in [0.717, 1.165) is 31.9 Å². The Morgan fingerprint density at radius 1 is 1.04 bits per heavy atom. The van der Waals surface area contributed by atoms with Gasteiger partial charge in [-0.05, 0) is 37.8 Å². The van der Waals surface area contributed by atoms with Crippen molar-refractivity contribution in [3.8, 4) is 0 Å². The number of piperazine rings is 1. The predicted octanol–water partition coefficient (Wildman–Crippen LogP) is 3.21. The van der Waals surface area contributed by atoms with Crippen molar-refractivity contribution in [3.63, 3.8) is 0 Å². The van der Waals surface area contributed by atoms with Crippen molar-refractivity contribution in [2.75, 3.05) is 42.5 Å². The van der Waals surface area contributed by atoms with Crippen LogP contribution in [0.25, 0.3) is 0 Å². The molecule has 0 radical (unpaired) electrons. The average Bonchev–Trinajstić information content (AvgIpc) is 2.79. The number of carbonyl (C=O) groups excluding carboxylic acids is 1. The third kappa shape index (κ3) is 3.96. The maximum absolute atomic E-state index is 13.0. The summed E-state index contributed by atoms with van der Waals surface area (Å²) < 4.78 is 0. The number of para-hydroxylation sites is 1. The van der Waals surface area contributed by atoms with Crippen LogP contribution in [0.4, 0.5) is 11.5 Å². The monoisotopic (exact) mass is 379 g/mol. The van der Waals surface area contributed by atoms with Crippen LogP contribution in [-0.2, 0) is 0 Å². The number of aromatic nitrogens is 2. The van der Waals surface area contributed by atoms with Crippen molar-refractivity contribution in [1.82, 2.24) is 14.9 Å². The Hall–Kier alpha value is -2.63. The summed E-state index contributed by atoms with van der Waals surface area (Å²) in [6.07, 6.45) is 6.31. The molecule has 1 unspecified atom stereocenters. The maximum atomic E-state index is 13.0. The van der Waals surface area contributed by atoms with Crippen LogP contribution in [-0.4, -0.2) is 59.5 Å². The summed E-state index contributed by atoms with van der Waals surface area (Å²) in [5, 5.41) is 0. The number of piperidine rings is 1. The molecule has 1 amide bonds. The van der Waals surface area contributed by atoms with Gasteiger partial charge >= 0.3 is 0 Å². The molecule has 1 aromatic carbocycles. The molecule has 2 aliphatic heterocycles. The van der Waals surface area contributed by atoms with Gasteiger partial charge in [0.25, 0.3) is 5.91 Å². The molecule has 0 aliphatic carbocycles. The second-order valence-electron chi connectivity index (χ2n) is 7.63. The Kier molecular flexibility index (Phi) is 5.74. The van der Waals surface area contributed by atoms with Crippen LogP contribution in [0.2, 0.25) is 0 Å². The number of benzene rings is 1. The minimum absolute atomic E-state index is 0.0152. The van der Waals surface area contributed by atoms with Crippen molar-refractivity contribution in [2.45, 2.75) is 38.6 Å². The zero-order valence-electron chi connectivity index (χ0n) is 16.6. The van der Waals surface area contributed by atoms with Crippen molar-refractivity contribution in [2.24, 2.45) is 0 Å². The molecule has 148 valence electrons. The van der Waals surface area contributed by atoms with Gasteiger partial charge in [-0.25, -0.2) is 9.97 Å². The average molecular weight is 380 g/mol. The van der Waals surface area contributed by atoms with Crippen LogP contribution < -0.4 is 9.80 Å². The topological polar surface area (TPSA) is 52.6 Å². The van der Waals surface area contributed by atoms with Crippen molar-refractivity contribution in [3.05, 3.63) is 48.4 Å². The Balaban J connectivity index is 1.43. The largest absolute Gasteiger partial charge is 0.368 e. The molecule has 4 rings (SSSR count). The van der Waals surface area contributed by atoms with Crippen LogP contribution in [0.3, 0.4) is 0 Å². The first-order chi connectivity index (χ1) is 13.8. The third-order valence-electron chi connectivity index (χ3n) is 5.95. The zero-order chi connectivity index (χ0) is 19.3. The van der Waals surface area contributed by atoms with Crippen LogP contribution >= 0.6 is 0 Å². The van der Waals surface area contributed by atoms with Crippen LogP contribution in [0, 0.1) is 0 Å². The third-order valence-corrected chi connectivity index (χ3v) is 5.95. The number of anilines is 2. The molecule has 28 heavy (non-hydrogen) atoms. The second-order valence-corrected chi connectivity index (χ2v) is 7.63. The van der Waals surface area contributed by atoms with E-state index in [1.54, 1.807) is 6.33 Å². The van der Waals surface area contributed by atoms with Gasteiger partial charge in [0, 0.05) is 50.5 Å². The highest BCUT2D eigenvalue weighted by atomic mass is 16.2. The molecule has 6 heteroatoms. The van der Waals surface area contributed by atoms with E-state index in [1.165, 1.54) is 24.9 Å². The molecule has 6 nitrogen and oxygen atoms in total. The van der Waals surface area contributed by atoms with Crippen molar-refractivity contribution in [1.29, 1.82) is 0 Å². The summed E-state index contributed by atoms with van der Waals surface area (Å²) in [7, 11) is 0. The summed E-state index contributed by atoms with van der Waals surface area (Å²) in [5.41, 5.74) is 1.73. The molecule has 1 atom stereocenters. The molecule has 2 aromatic rings. The molecule has 1 aromatic heterocycles. The number of nitrogens with zero attached hydrogens (tertiary/aromatic N) is 5. The van der Waals surface area contributed by atoms with Gasteiger partial charge in [0.05, 0.1) is 0 Å². The molecule has 0 spiro atoms. The number of amides is 1. The molecule has 3 heterocycles. The van der Waals surface area contributed by atoms with E-state index in [1.807, 2.05) is 17.0 Å². The number of carbonyl (C=O) groups is 1. The standard InChI is InChI=1S/C22H29N5O/c1-2-18-8-6-7-11-27(18)21-16-20(23-17-24-21)22(28)26-14-12-25(13-15-26)19-9-4-3-5-10-19/h3-5,9-10,16-18H,2,6-8,11-15H2,1H3. The van der Waals surface area contributed by atoms with Gasteiger partial charge in [-0.3, -0.25) is 4.79 Å². The summed E-state index contributed by atoms with van der Waals surface area (Å²) in [6.45, 7) is 6.36. The minimum Gasteiger partial charge on any atom is -0.368 e. The lowest BCUT2D eigenvalue weighted by Gasteiger charge is -2.37. The molecule has 0 bridgehead atoms. The highest BCUT2D eigenvalue weighted by molar-refractivity contribution is 5.93. The number of rotatable bonds is 4. The van der Waals surface area contributed by atoms with E-state index >= 15 is 0 Å². The highest BCUT2D eigenvalue weighted by Crippen LogP contribution is 2.25. The van der Waals surface area contributed by atoms with Crippen LogP contribution in [0.1, 0.15) is 43.1 Å². The lowest BCUT2D eigenvalue weighted by atomic mass is 10.00. The van der Waals surface area contributed by atoms with Gasteiger partial charge in [-0.15, -0.1) is 0 Å². The van der Waals surface area contributed by atoms with E-state index in [9.17, 15) is 4.79 Å².